The van der Waals surface area contributed by atoms with Crippen LogP contribution < -0.4 is 22.8 Å². The Bertz CT molecular complexity index is 7960. The first-order valence-corrected chi connectivity index (χ1v) is 47.3. The second kappa shape index (κ2) is 37.9. The third-order valence-electron chi connectivity index (χ3n) is 26.4. The minimum absolute atomic E-state index is 0.00997. The predicted molar refractivity (Wildman–Crippen MR) is 550 cm³/mol. The SMILES string of the molecule is CCc1ccc2c(n1)oc1c(-c3cc(C(C)C)cc[n+]3C)c(C)ccc12.Cc1ccc2c(n1)oc1c(-c3cc(C(C)C)cc[n+]3C)c(C)ccc12.Cc1ccc2c(oc3nc(C(C)(C)C)ccc32)c1-c1cc(C(C)C)cc[n+]1C.[2H]C(C)(C)c1ccc2c(n1)oc1c(-c3cc(C(C)C)cc[n+]3C)c(C)ccc12.[2H]C([2H])([2H])C([2H])(C)Cc1ccc2c(n1)oc1c(-c3cc(C(C)C)cc[n+]3C)c(C)ccc12. The molecule has 15 heterocycles. The molecule has 5 aromatic carbocycles. The molecule has 0 amide bonds. The van der Waals surface area contributed by atoms with Crippen LogP contribution in [0.4, 0.5) is 0 Å². The van der Waals surface area contributed by atoms with Gasteiger partial charge in [0.05, 0.1) is 27.8 Å². The molecule has 20 rings (SSSR count). The number of hydrogen-bond donors (Lipinski definition) is 0. The largest absolute Gasteiger partial charge is 0.437 e. The summed E-state index contributed by atoms with van der Waals surface area (Å²) >= 11 is 0. The maximum absolute atomic E-state index is 8.28. The first-order chi connectivity index (χ1) is 65.7. The van der Waals surface area contributed by atoms with Crippen LogP contribution in [-0.4, -0.2) is 24.9 Å². The average Bonchev–Trinajstić information content (AvgIpc) is 1.72. The second-order valence-electron chi connectivity index (χ2n) is 39.5. The standard InChI is InChI=1S/2C25H29N2O.C24H27N2O.C23H25N2O.C22H23N2O/c1-15(2)17-12-13-27(7)20(14-17)22-16(3)8-9-18-19-10-11-21(25(4,5)6)26-24(19)28-23(18)22;1-15(2)13-19-8-10-21-20-9-7-17(5)23(24(20)28-25(21)26-19)22-14-18(16(3)4)11-12-27(22)6;1-14(2)17-11-12-26(6)21(13-17)22-16(5)7-8-18-19-9-10-20(15(3)4)25-24(19)27-23(18)22;1-6-17-8-10-19-18-9-7-15(4)21(22(18)26-23(19)24-17)20-13-16(14(2)3)11-12-25(20)5;1-13(2)16-10-11-24(5)19(12-16)20-14(3)6-8-17-18-9-7-15(4)23-22(18)25-21(17)20/h8-15H,1-7H3;7-12,14-16H,13H2,1-6H3;7-15H,1-6H3;7-14H,6H2,1-5H3;6-13H,1-5H3/q5*+1/i;1D3,15D;15D;;. The monoisotopic (exact) mass is 1790 g/mol. The number of benzene rings is 5. The van der Waals surface area contributed by atoms with Gasteiger partial charge >= 0.3 is 0 Å². The summed E-state index contributed by atoms with van der Waals surface area (Å²) in [5.41, 5.74) is 35.7. The lowest BCUT2D eigenvalue weighted by Crippen LogP contribution is -2.31. The molecule has 0 bridgehead atoms. The van der Waals surface area contributed by atoms with E-state index in [4.69, 9.17) is 38.9 Å². The lowest BCUT2D eigenvalue weighted by atomic mass is 9.91. The summed E-state index contributed by atoms with van der Waals surface area (Å²) in [4.78, 5) is 23.4. The van der Waals surface area contributed by atoms with Gasteiger partial charge in [-0.3, -0.25) is 0 Å². The lowest BCUT2D eigenvalue weighted by Gasteiger charge is -2.16. The maximum Gasteiger partial charge on any atom is 0.227 e. The van der Waals surface area contributed by atoms with Gasteiger partial charge in [0.25, 0.3) is 0 Å². The third-order valence-corrected chi connectivity index (χ3v) is 26.4. The van der Waals surface area contributed by atoms with Crippen LogP contribution in [0.15, 0.2) is 235 Å². The van der Waals surface area contributed by atoms with E-state index in [1.165, 1.54) is 74.1 Å². The van der Waals surface area contributed by atoms with E-state index in [1.54, 1.807) is 6.07 Å². The number of hydrogen-bond acceptors (Lipinski definition) is 10. The highest BCUT2D eigenvalue weighted by atomic mass is 16.4. The fourth-order valence-corrected chi connectivity index (χ4v) is 18.1. The molecular weight excluding hydrogens is 1650 g/mol. The number of fused-ring (bicyclic) bond motifs is 15. The summed E-state index contributed by atoms with van der Waals surface area (Å²) in [6.45, 7) is 46.1. The van der Waals surface area contributed by atoms with Crippen LogP contribution in [0.5, 0.6) is 0 Å². The van der Waals surface area contributed by atoms with Gasteiger partial charge in [-0.25, -0.2) is 47.8 Å². The average molecular weight is 1790 g/mol. The van der Waals surface area contributed by atoms with E-state index < -0.39 is 18.6 Å². The highest BCUT2D eigenvalue weighted by molar-refractivity contribution is 6.13. The molecule has 0 aliphatic rings. The molecular formula is C119H133N10O5+5. The zero-order valence-electron chi connectivity index (χ0n) is 88.5. The van der Waals surface area contributed by atoms with Gasteiger partial charge in [0.15, 0.2) is 58.9 Å². The van der Waals surface area contributed by atoms with E-state index in [-0.39, 0.29) is 11.8 Å². The molecule has 1 atom stereocenters. The first-order valence-electron chi connectivity index (χ1n) is 49.8. The van der Waals surface area contributed by atoms with Gasteiger partial charge < -0.3 is 22.1 Å². The first kappa shape index (κ1) is 87.3. The molecule has 20 aromatic rings. The van der Waals surface area contributed by atoms with Gasteiger partial charge in [0.1, 0.15) is 35.2 Å². The topological polar surface area (TPSA) is 150 Å². The number of rotatable bonds is 14. The summed E-state index contributed by atoms with van der Waals surface area (Å²) in [5.74, 6) is -0.0638. The molecule has 15 aromatic heterocycles. The minimum atomic E-state index is -2.39. The summed E-state index contributed by atoms with van der Waals surface area (Å²) in [6.07, 6.45) is 11.5. The minimum Gasteiger partial charge on any atom is -0.437 e. The Labute approximate surface area is 796 Å². The van der Waals surface area contributed by atoms with Crippen molar-refractivity contribution in [3.63, 3.8) is 0 Å². The van der Waals surface area contributed by atoms with Gasteiger partial charge in [-0.05, 0) is 212 Å². The number of furan rings is 5. The van der Waals surface area contributed by atoms with Crippen molar-refractivity contribution in [2.24, 2.45) is 41.1 Å². The molecule has 0 radical (unpaired) electrons. The van der Waals surface area contributed by atoms with Crippen molar-refractivity contribution in [1.29, 1.82) is 0 Å². The van der Waals surface area contributed by atoms with Crippen LogP contribution in [-0.2, 0) is 53.5 Å². The highest BCUT2D eigenvalue weighted by Gasteiger charge is 2.30. The molecule has 134 heavy (non-hydrogen) atoms. The molecule has 0 N–H and O–H groups in total. The Hall–Kier alpha value is -13.4. The van der Waals surface area contributed by atoms with Crippen molar-refractivity contribution in [2.75, 3.05) is 0 Å². The van der Waals surface area contributed by atoms with E-state index >= 15 is 0 Å². The maximum atomic E-state index is 8.28. The Morgan fingerprint density at radius 2 is 0.567 bits per heavy atom. The molecule has 0 aliphatic heterocycles. The van der Waals surface area contributed by atoms with E-state index in [0.717, 1.165) is 161 Å². The van der Waals surface area contributed by atoms with Crippen LogP contribution >= 0.6 is 0 Å². The molecule has 15 nitrogen and oxygen atoms in total. The van der Waals surface area contributed by atoms with Gasteiger partial charge in [0, 0.05) is 155 Å². The molecule has 684 valence electrons. The highest BCUT2D eigenvalue weighted by Crippen LogP contribution is 2.45. The molecule has 0 saturated heterocycles. The quantitative estimate of drug-likeness (QED) is 0.0963. The van der Waals surface area contributed by atoms with Crippen LogP contribution in [0.1, 0.15) is 251 Å². The van der Waals surface area contributed by atoms with Gasteiger partial charge in [-0.15, -0.1) is 0 Å². The summed E-state index contributed by atoms with van der Waals surface area (Å²) in [5, 5.41) is 10.5. The smallest absolute Gasteiger partial charge is 0.227 e. The normalized spacial score (nSPS) is 13.2. The van der Waals surface area contributed by atoms with Crippen LogP contribution in [0, 0.1) is 47.4 Å². The second-order valence-corrected chi connectivity index (χ2v) is 39.5. The molecule has 0 fully saturated rings. The Balaban J connectivity index is 0.000000126. The van der Waals surface area contributed by atoms with Crippen LogP contribution in [0.2, 0.25) is 0 Å². The summed E-state index contributed by atoms with van der Waals surface area (Å²) in [6, 6.07) is 63.9. The van der Waals surface area contributed by atoms with E-state index in [1.807, 2.05) is 58.2 Å². The Morgan fingerprint density at radius 1 is 0.306 bits per heavy atom. The van der Waals surface area contributed by atoms with Crippen molar-refractivity contribution >= 4 is 110 Å². The number of aromatic nitrogens is 10. The summed E-state index contributed by atoms with van der Waals surface area (Å²) < 4.78 is 81.7. The third kappa shape index (κ3) is 18.5. The van der Waals surface area contributed by atoms with E-state index in [0.29, 0.717) is 58.1 Å². The number of nitrogens with zero attached hydrogens (tertiary/aromatic N) is 10. The van der Waals surface area contributed by atoms with Gasteiger partial charge in [-0.2, -0.15) is 0 Å². The van der Waals surface area contributed by atoms with Crippen molar-refractivity contribution in [3.05, 3.63) is 297 Å². The van der Waals surface area contributed by atoms with Crippen molar-refractivity contribution in [3.8, 4) is 56.3 Å². The van der Waals surface area contributed by atoms with Crippen molar-refractivity contribution < 1.29 is 51.8 Å². The van der Waals surface area contributed by atoms with Gasteiger partial charge in [-0.1, -0.05) is 185 Å². The van der Waals surface area contributed by atoms with E-state index in [2.05, 4.69) is 374 Å². The van der Waals surface area contributed by atoms with Crippen LogP contribution in [0.25, 0.3) is 167 Å². The van der Waals surface area contributed by atoms with Gasteiger partial charge in [0.2, 0.25) is 57.0 Å². The molecule has 0 spiro atoms. The fourth-order valence-electron chi connectivity index (χ4n) is 18.1. The molecule has 1 unspecified atom stereocenters. The number of aryl methyl sites for hydroxylation is 12. The zero-order chi connectivity index (χ0) is 100.0. The Kier molecular flexibility index (Phi) is 24.7. The molecule has 0 saturated carbocycles. The summed E-state index contributed by atoms with van der Waals surface area (Å²) in [7, 11) is 10.4. The van der Waals surface area contributed by atoms with Crippen molar-refractivity contribution in [2.45, 2.75) is 220 Å². The van der Waals surface area contributed by atoms with Crippen LogP contribution in [0.3, 0.4) is 0 Å². The Morgan fingerprint density at radius 3 is 0.858 bits per heavy atom. The lowest BCUT2D eigenvalue weighted by molar-refractivity contribution is -0.660. The van der Waals surface area contributed by atoms with E-state index in [9.17, 15) is 0 Å². The molecule has 15 heteroatoms. The predicted octanol–water partition coefficient (Wildman–Crippen LogP) is 29.0. The molecule has 0 aliphatic carbocycles. The van der Waals surface area contributed by atoms with Crippen molar-refractivity contribution in [1.82, 2.24) is 24.9 Å². The zero-order valence-corrected chi connectivity index (χ0v) is 83.5. The number of pyridine rings is 10. The fraction of sp³-hybridized carbons (Fsp3) is 0.328.